The maximum Gasteiger partial charge on any atom is 0.119 e. The number of ether oxygens (including phenoxy) is 2. The lowest BCUT2D eigenvalue weighted by Gasteiger charge is -2.24. The van der Waals surface area contributed by atoms with Gasteiger partial charge in [-0.3, -0.25) is 4.90 Å². The molecule has 1 unspecified atom stereocenters. The summed E-state index contributed by atoms with van der Waals surface area (Å²) >= 11 is 0. The summed E-state index contributed by atoms with van der Waals surface area (Å²) in [6, 6.07) is 8.47. The summed E-state index contributed by atoms with van der Waals surface area (Å²) in [5.41, 5.74) is 0. The van der Waals surface area contributed by atoms with Crippen LogP contribution < -0.4 is 14.8 Å². The number of hydrogen-bond acceptors (Lipinski definition) is 4. The molecule has 0 amide bonds. The fourth-order valence-electron chi connectivity index (χ4n) is 2.82. The van der Waals surface area contributed by atoms with Gasteiger partial charge in [0.2, 0.25) is 0 Å². The molecule has 1 aliphatic heterocycles. The van der Waals surface area contributed by atoms with Crippen LogP contribution in [0.1, 0.15) is 26.2 Å². The minimum atomic E-state index is 0.677. The number of nitrogens with one attached hydrogen (secondary N) is 1. The lowest BCUT2D eigenvalue weighted by atomic mass is 10.2. The predicted octanol–water partition coefficient (Wildman–Crippen LogP) is 2.54. The molecule has 1 aromatic carbocycles. The van der Waals surface area contributed by atoms with E-state index in [1.807, 2.05) is 24.3 Å². The van der Waals surface area contributed by atoms with E-state index in [4.69, 9.17) is 9.47 Å². The second-order valence-corrected chi connectivity index (χ2v) is 5.56. The van der Waals surface area contributed by atoms with Gasteiger partial charge >= 0.3 is 0 Å². The average Bonchev–Trinajstić information content (AvgIpc) is 2.96. The first-order valence-electron chi connectivity index (χ1n) is 8.05. The minimum Gasteiger partial charge on any atom is -0.497 e. The molecule has 1 heterocycles. The molecule has 1 N–H and O–H groups in total. The van der Waals surface area contributed by atoms with Crippen LogP contribution in [0.25, 0.3) is 0 Å². The second kappa shape index (κ2) is 8.90. The molecular formula is C17H28N2O2. The molecule has 0 spiro atoms. The lowest BCUT2D eigenvalue weighted by molar-refractivity contribution is 0.194. The summed E-state index contributed by atoms with van der Waals surface area (Å²) in [4.78, 5) is 2.55. The smallest absolute Gasteiger partial charge is 0.119 e. The molecule has 1 saturated heterocycles. The van der Waals surface area contributed by atoms with Crippen LogP contribution in [0.2, 0.25) is 0 Å². The number of methoxy groups -OCH3 is 1. The van der Waals surface area contributed by atoms with Crippen LogP contribution >= 0.6 is 0 Å². The summed E-state index contributed by atoms with van der Waals surface area (Å²) in [6.45, 7) is 7.39. The Morgan fingerprint density at radius 3 is 2.71 bits per heavy atom. The first kappa shape index (κ1) is 16.1. The highest BCUT2D eigenvalue weighted by atomic mass is 16.5. The second-order valence-electron chi connectivity index (χ2n) is 5.56. The van der Waals surface area contributed by atoms with Gasteiger partial charge < -0.3 is 14.8 Å². The molecule has 118 valence electrons. The molecule has 4 nitrogen and oxygen atoms in total. The van der Waals surface area contributed by atoms with Crippen molar-refractivity contribution in [1.82, 2.24) is 10.2 Å². The van der Waals surface area contributed by atoms with Crippen LogP contribution in [-0.4, -0.2) is 50.8 Å². The molecular weight excluding hydrogens is 264 g/mol. The molecule has 0 saturated carbocycles. The number of nitrogens with zero attached hydrogens (tertiary/aromatic N) is 1. The number of hydrogen-bond donors (Lipinski definition) is 1. The zero-order valence-electron chi connectivity index (χ0n) is 13.3. The Labute approximate surface area is 128 Å². The summed E-state index contributed by atoms with van der Waals surface area (Å²) in [7, 11) is 1.68. The molecule has 1 fully saturated rings. The van der Waals surface area contributed by atoms with E-state index in [1.54, 1.807) is 7.11 Å². The Kier molecular flexibility index (Phi) is 6.83. The van der Waals surface area contributed by atoms with Crippen molar-refractivity contribution in [3.8, 4) is 11.5 Å². The van der Waals surface area contributed by atoms with Crippen LogP contribution in [0.5, 0.6) is 11.5 Å². The Hall–Kier alpha value is -1.26. The highest BCUT2D eigenvalue weighted by Crippen LogP contribution is 2.18. The van der Waals surface area contributed by atoms with Gasteiger partial charge in [-0.1, -0.05) is 6.92 Å². The summed E-state index contributed by atoms with van der Waals surface area (Å²) < 4.78 is 11.0. The third-order valence-electron chi connectivity index (χ3n) is 4.01. The highest BCUT2D eigenvalue weighted by Gasteiger charge is 2.23. The van der Waals surface area contributed by atoms with Crippen LogP contribution in [0.4, 0.5) is 0 Å². The van der Waals surface area contributed by atoms with Crippen LogP contribution in [0, 0.1) is 0 Å². The molecule has 1 aliphatic rings. The first-order valence-corrected chi connectivity index (χ1v) is 8.05. The van der Waals surface area contributed by atoms with Gasteiger partial charge in [-0.2, -0.15) is 0 Å². The monoisotopic (exact) mass is 292 g/mol. The van der Waals surface area contributed by atoms with E-state index in [1.165, 1.54) is 25.8 Å². The standard InChI is InChI=1S/C17H28N2O2/c1-3-10-18-14-15-5-4-11-19(15)12-13-21-17-8-6-16(20-2)7-9-17/h6-9,15,18H,3-5,10-14H2,1-2H3. The van der Waals surface area contributed by atoms with Gasteiger partial charge in [0.05, 0.1) is 7.11 Å². The fourth-order valence-corrected chi connectivity index (χ4v) is 2.82. The number of likely N-dealkylation sites (tertiary alicyclic amines) is 1. The molecule has 1 aromatic rings. The Morgan fingerprint density at radius 2 is 2.00 bits per heavy atom. The minimum absolute atomic E-state index is 0.677. The molecule has 2 rings (SSSR count). The maximum absolute atomic E-state index is 5.82. The van der Waals surface area contributed by atoms with Gasteiger partial charge in [0.25, 0.3) is 0 Å². The van der Waals surface area contributed by atoms with Gasteiger partial charge in [0.1, 0.15) is 18.1 Å². The van der Waals surface area contributed by atoms with Crippen molar-refractivity contribution in [1.29, 1.82) is 0 Å². The zero-order valence-corrected chi connectivity index (χ0v) is 13.3. The Bertz CT molecular complexity index is 394. The van der Waals surface area contributed by atoms with E-state index >= 15 is 0 Å². The molecule has 4 heteroatoms. The lowest BCUT2D eigenvalue weighted by Crippen LogP contribution is -2.40. The van der Waals surface area contributed by atoms with Gasteiger partial charge in [-0.25, -0.2) is 0 Å². The van der Waals surface area contributed by atoms with E-state index in [-0.39, 0.29) is 0 Å². The van der Waals surface area contributed by atoms with Crippen molar-refractivity contribution in [3.63, 3.8) is 0 Å². The SMILES string of the molecule is CCCNCC1CCCN1CCOc1ccc(OC)cc1. The third-order valence-corrected chi connectivity index (χ3v) is 4.01. The molecule has 1 atom stereocenters. The molecule has 21 heavy (non-hydrogen) atoms. The topological polar surface area (TPSA) is 33.7 Å². The van der Waals surface area contributed by atoms with E-state index in [2.05, 4.69) is 17.1 Å². The van der Waals surface area contributed by atoms with Gasteiger partial charge in [-0.15, -0.1) is 0 Å². The predicted molar refractivity (Wildman–Crippen MR) is 86.2 cm³/mol. The van der Waals surface area contributed by atoms with E-state index in [9.17, 15) is 0 Å². The molecule has 0 aliphatic carbocycles. The maximum atomic E-state index is 5.82. The average molecular weight is 292 g/mol. The van der Waals surface area contributed by atoms with E-state index < -0.39 is 0 Å². The normalized spacial score (nSPS) is 18.9. The Balaban J connectivity index is 1.69. The van der Waals surface area contributed by atoms with Crippen LogP contribution in [0.15, 0.2) is 24.3 Å². The number of benzene rings is 1. The molecule has 0 bridgehead atoms. The van der Waals surface area contributed by atoms with Crippen molar-refractivity contribution >= 4 is 0 Å². The van der Waals surface area contributed by atoms with Crippen molar-refractivity contribution in [2.45, 2.75) is 32.2 Å². The largest absolute Gasteiger partial charge is 0.497 e. The van der Waals surface area contributed by atoms with E-state index in [0.717, 1.165) is 37.7 Å². The molecule has 0 radical (unpaired) electrons. The summed E-state index contributed by atoms with van der Waals surface area (Å²) in [5.74, 6) is 1.78. The van der Waals surface area contributed by atoms with Crippen molar-refractivity contribution in [2.24, 2.45) is 0 Å². The van der Waals surface area contributed by atoms with Gasteiger partial charge in [0, 0.05) is 19.1 Å². The van der Waals surface area contributed by atoms with Crippen molar-refractivity contribution in [2.75, 3.05) is 39.9 Å². The quantitative estimate of drug-likeness (QED) is 0.709. The fraction of sp³-hybridized carbons (Fsp3) is 0.647. The third kappa shape index (κ3) is 5.21. The van der Waals surface area contributed by atoms with Gasteiger partial charge in [0.15, 0.2) is 0 Å². The van der Waals surface area contributed by atoms with Crippen molar-refractivity contribution < 1.29 is 9.47 Å². The summed E-state index contributed by atoms with van der Waals surface area (Å²) in [6.07, 6.45) is 3.81. The Morgan fingerprint density at radius 1 is 1.24 bits per heavy atom. The summed E-state index contributed by atoms with van der Waals surface area (Å²) in [5, 5.41) is 3.53. The molecule has 0 aromatic heterocycles. The highest BCUT2D eigenvalue weighted by molar-refractivity contribution is 5.31. The van der Waals surface area contributed by atoms with Crippen LogP contribution in [0.3, 0.4) is 0 Å². The zero-order chi connectivity index (χ0) is 14.9. The van der Waals surface area contributed by atoms with Crippen LogP contribution in [-0.2, 0) is 0 Å². The van der Waals surface area contributed by atoms with E-state index in [0.29, 0.717) is 6.04 Å². The van der Waals surface area contributed by atoms with Crippen molar-refractivity contribution in [3.05, 3.63) is 24.3 Å². The van der Waals surface area contributed by atoms with Gasteiger partial charge in [-0.05, 0) is 56.6 Å². The number of rotatable bonds is 9. The first-order chi connectivity index (χ1) is 10.3.